The van der Waals surface area contributed by atoms with E-state index < -0.39 is 5.82 Å². The summed E-state index contributed by atoms with van der Waals surface area (Å²) in [6, 6.07) is 1.06. The van der Waals surface area contributed by atoms with Gasteiger partial charge in [0.2, 0.25) is 5.88 Å². The molecule has 27 heavy (non-hydrogen) atoms. The van der Waals surface area contributed by atoms with Gasteiger partial charge in [-0.1, -0.05) is 13.8 Å². The van der Waals surface area contributed by atoms with Crippen LogP contribution < -0.4 is 20.8 Å². The molecule has 1 aromatic heterocycles. The molecule has 1 aromatic rings. The van der Waals surface area contributed by atoms with Gasteiger partial charge in [-0.15, -0.1) is 0 Å². The number of hydrogen-bond acceptors (Lipinski definition) is 7. The van der Waals surface area contributed by atoms with E-state index in [1.54, 1.807) is 11.1 Å². The summed E-state index contributed by atoms with van der Waals surface area (Å²) < 4.78 is 19.6. The summed E-state index contributed by atoms with van der Waals surface area (Å²) in [7, 11) is 0. The molecule has 0 spiro atoms. The van der Waals surface area contributed by atoms with E-state index in [1.165, 1.54) is 6.07 Å². The van der Waals surface area contributed by atoms with Crippen molar-refractivity contribution in [3.8, 4) is 5.88 Å². The lowest BCUT2D eigenvalue weighted by Gasteiger charge is -2.26. The Labute approximate surface area is 156 Å². The van der Waals surface area contributed by atoms with Gasteiger partial charge >= 0.3 is 0 Å². The number of hydrazine groups is 1. The molecule has 0 aromatic carbocycles. The van der Waals surface area contributed by atoms with Gasteiger partial charge in [-0.25, -0.2) is 14.8 Å². The Morgan fingerprint density at radius 3 is 3.07 bits per heavy atom. The van der Waals surface area contributed by atoms with E-state index in [0.29, 0.717) is 41.8 Å². The first kappa shape index (κ1) is 17.5. The zero-order valence-corrected chi connectivity index (χ0v) is 15.1. The van der Waals surface area contributed by atoms with Gasteiger partial charge in [0, 0.05) is 18.3 Å². The van der Waals surface area contributed by atoms with Crippen molar-refractivity contribution in [2.45, 2.75) is 19.9 Å². The minimum absolute atomic E-state index is 0.0803. The van der Waals surface area contributed by atoms with Gasteiger partial charge in [0.25, 0.3) is 5.91 Å². The van der Waals surface area contributed by atoms with E-state index in [2.05, 4.69) is 21.0 Å². The van der Waals surface area contributed by atoms with Crippen molar-refractivity contribution in [1.82, 2.24) is 26.1 Å². The van der Waals surface area contributed by atoms with E-state index >= 15 is 0 Å². The van der Waals surface area contributed by atoms with Crippen LogP contribution in [0.3, 0.4) is 0 Å². The van der Waals surface area contributed by atoms with Crippen LogP contribution in [-0.2, 0) is 4.79 Å². The SMILES string of the molecule is CC(C)C1N=C2C=CN3NCC(=C3N2)C(=O)NCCOc2ncc(F)cc21. The summed E-state index contributed by atoms with van der Waals surface area (Å²) in [4.78, 5) is 21.3. The molecule has 0 saturated carbocycles. The van der Waals surface area contributed by atoms with Crippen molar-refractivity contribution >= 4 is 11.7 Å². The Morgan fingerprint density at radius 2 is 2.26 bits per heavy atom. The number of amidine groups is 1. The van der Waals surface area contributed by atoms with Gasteiger partial charge in [0.15, 0.2) is 0 Å². The Kier molecular flexibility index (Phi) is 4.53. The molecule has 0 radical (unpaired) electrons. The smallest absolute Gasteiger partial charge is 0.252 e. The molecule has 1 amide bonds. The van der Waals surface area contributed by atoms with E-state index in [4.69, 9.17) is 9.73 Å². The quantitative estimate of drug-likeness (QED) is 0.681. The number of rotatable bonds is 1. The third kappa shape index (κ3) is 3.37. The number of nitrogens with zero attached hydrogens (tertiary/aromatic N) is 3. The topological polar surface area (TPSA) is 90.9 Å². The first-order valence-corrected chi connectivity index (χ1v) is 8.88. The molecule has 3 aliphatic rings. The zero-order valence-electron chi connectivity index (χ0n) is 15.1. The number of aromatic nitrogens is 1. The summed E-state index contributed by atoms with van der Waals surface area (Å²) >= 11 is 0. The van der Waals surface area contributed by atoms with E-state index in [0.717, 1.165) is 6.20 Å². The summed E-state index contributed by atoms with van der Waals surface area (Å²) in [6.45, 7) is 4.96. The van der Waals surface area contributed by atoms with Gasteiger partial charge in [-0.05, 0) is 18.1 Å². The third-order valence-corrected chi connectivity index (χ3v) is 4.56. The Morgan fingerprint density at radius 1 is 1.41 bits per heavy atom. The fourth-order valence-electron chi connectivity index (χ4n) is 3.23. The number of hydrogen-bond donors (Lipinski definition) is 3. The first-order valence-electron chi connectivity index (χ1n) is 8.88. The normalized spacial score (nSPS) is 22.1. The van der Waals surface area contributed by atoms with E-state index in [9.17, 15) is 9.18 Å². The molecule has 1 unspecified atom stereocenters. The number of halogens is 1. The van der Waals surface area contributed by atoms with Crippen LogP contribution in [0, 0.1) is 11.7 Å². The lowest BCUT2D eigenvalue weighted by molar-refractivity contribution is -0.117. The number of carbonyl (C=O) groups excluding carboxylic acids is 1. The molecular formula is C18H21FN6O2. The van der Waals surface area contributed by atoms with Gasteiger partial charge < -0.3 is 15.4 Å². The number of carbonyl (C=O) groups is 1. The van der Waals surface area contributed by atoms with Crippen LogP contribution in [0.15, 0.2) is 40.9 Å². The average molecular weight is 372 g/mol. The minimum Gasteiger partial charge on any atom is -0.476 e. The largest absolute Gasteiger partial charge is 0.476 e. The standard InChI is InChI=1S/C18H21FN6O2/c1-10(2)15-12-7-11(19)8-21-18(12)27-6-4-20-17(26)13-9-22-25-5-3-14(23-15)24-16(13)25/h3,5,7-8,10,15,22H,4,6,9H2,1-2H3,(H,20,26)(H,23,24). The molecular weight excluding hydrogens is 351 g/mol. The van der Waals surface area contributed by atoms with Crippen LogP contribution in [-0.4, -0.2) is 41.4 Å². The molecule has 4 heterocycles. The predicted molar refractivity (Wildman–Crippen MR) is 96.9 cm³/mol. The van der Waals surface area contributed by atoms with Crippen LogP contribution >= 0.6 is 0 Å². The maximum atomic E-state index is 13.9. The second-order valence-electron chi connectivity index (χ2n) is 6.83. The second-order valence-corrected chi connectivity index (χ2v) is 6.83. The Balaban J connectivity index is 1.81. The van der Waals surface area contributed by atoms with Crippen LogP contribution in [0.25, 0.3) is 0 Å². The van der Waals surface area contributed by atoms with Gasteiger partial charge in [-0.3, -0.25) is 14.8 Å². The fourth-order valence-corrected chi connectivity index (χ4v) is 3.23. The highest BCUT2D eigenvalue weighted by molar-refractivity contribution is 5.99. The molecule has 4 rings (SSSR count). The molecule has 0 fully saturated rings. The Bertz CT molecular complexity index is 863. The highest BCUT2D eigenvalue weighted by Crippen LogP contribution is 2.33. The predicted octanol–water partition coefficient (Wildman–Crippen LogP) is 0.974. The minimum atomic E-state index is -0.441. The molecule has 3 N–H and O–H groups in total. The summed E-state index contributed by atoms with van der Waals surface area (Å²) in [5.74, 6) is 1.02. The number of amides is 1. The zero-order chi connectivity index (χ0) is 19.0. The lowest BCUT2D eigenvalue weighted by atomic mass is 9.97. The summed E-state index contributed by atoms with van der Waals surface area (Å²) in [6.07, 6.45) is 4.74. The van der Waals surface area contributed by atoms with E-state index in [1.807, 2.05) is 20.0 Å². The number of ether oxygens (including phenoxy) is 1. The summed E-state index contributed by atoms with van der Waals surface area (Å²) in [5, 5.41) is 7.79. The number of aliphatic imine (C=N–C) groups is 1. The highest BCUT2D eigenvalue weighted by atomic mass is 19.1. The van der Waals surface area contributed by atoms with E-state index in [-0.39, 0.29) is 24.5 Å². The monoisotopic (exact) mass is 372 g/mol. The molecule has 2 bridgehead atoms. The van der Waals surface area contributed by atoms with Crippen molar-refractivity contribution in [1.29, 1.82) is 0 Å². The molecule has 0 saturated heterocycles. The molecule has 8 nitrogen and oxygen atoms in total. The van der Waals surface area contributed by atoms with Crippen LogP contribution in [0.1, 0.15) is 25.5 Å². The number of fused-ring (bicyclic) bond motifs is 2. The van der Waals surface area contributed by atoms with Crippen LogP contribution in [0.5, 0.6) is 5.88 Å². The van der Waals surface area contributed by atoms with Crippen molar-refractivity contribution in [2.24, 2.45) is 10.9 Å². The van der Waals surface area contributed by atoms with Crippen LogP contribution in [0.4, 0.5) is 4.39 Å². The molecule has 3 aliphatic heterocycles. The molecule has 9 heteroatoms. The van der Waals surface area contributed by atoms with Crippen molar-refractivity contribution in [3.05, 3.63) is 47.3 Å². The summed E-state index contributed by atoms with van der Waals surface area (Å²) in [5.41, 5.74) is 4.29. The van der Waals surface area contributed by atoms with Crippen molar-refractivity contribution in [2.75, 3.05) is 19.7 Å². The average Bonchev–Trinajstić information content (AvgIpc) is 3.06. The third-order valence-electron chi connectivity index (χ3n) is 4.56. The fraction of sp³-hybridized carbons (Fsp3) is 0.389. The van der Waals surface area contributed by atoms with Crippen molar-refractivity contribution in [3.63, 3.8) is 0 Å². The Hall–Kier alpha value is -2.94. The highest BCUT2D eigenvalue weighted by Gasteiger charge is 2.30. The first-order chi connectivity index (χ1) is 13.0. The number of nitrogens with one attached hydrogen (secondary N) is 3. The maximum absolute atomic E-state index is 13.9. The molecule has 142 valence electrons. The van der Waals surface area contributed by atoms with Crippen molar-refractivity contribution < 1.29 is 13.9 Å². The lowest BCUT2D eigenvalue weighted by Crippen LogP contribution is -2.39. The van der Waals surface area contributed by atoms with Gasteiger partial charge in [-0.2, -0.15) is 0 Å². The van der Waals surface area contributed by atoms with Gasteiger partial charge in [0.1, 0.15) is 24.1 Å². The second kappa shape index (κ2) is 6.99. The number of pyridine rings is 1. The van der Waals surface area contributed by atoms with Crippen LogP contribution in [0.2, 0.25) is 0 Å². The molecule has 1 atom stereocenters. The molecule has 0 aliphatic carbocycles. The van der Waals surface area contributed by atoms with Gasteiger partial charge in [0.05, 0.1) is 24.4 Å². The maximum Gasteiger partial charge on any atom is 0.252 e.